The highest BCUT2D eigenvalue weighted by molar-refractivity contribution is 6.14. The normalized spacial score (nSPS) is 11.9. The van der Waals surface area contributed by atoms with Crippen molar-refractivity contribution in [2.75, 3.05) is 10.6 Å². The summed E-state index contributed by atoms with van der Waals surface area (Å²) in [5, 5.41) is 16.3. The molecule has 2 heterocycles. The van der Waals surface area contributed by atoms with Gasteiger partial charge < -0.3 is 21.0 Å². The lowest BCUT2D eigenvalue weighted by atomic mass is 10.1. The third-order valence-electron chi connectivity index (χ3n) is 5.08. The van der Waals surface area contributed by atoms with E-state index in [4.69, 9.17) is 5.41 Å². The van der Waals surface area contributed by atoms with Crippen molar-refractivity contribution in [2.45, 2.75) is 6.18 Å². The highest BCUT2D eigenvalue weighted by Crippen LogP contribution is 2.32. The number of anilines is 2. The number of benzene rings is 2. The van der Waals surface area contributed by atoms with E-state index in [-0.39, 0.29) is 0 Å². The fourth-order valence-electron chi connectivity index (χ4n) is 3.30. The highest BCUT2D eigenvalue weighted by Gasteiger charge is 2.31. The van der Waals surface area contributed by atoms with E-state index in [9.17, 15) is 22.4 Å². The number of imidazole rings is 1. The first-order valence-corrected chi connectivity index (χ1v) is 10.4. The summed E-state index contributed by atoms with van der Waals surface area (Å²) in [4.78, 5) is 19.6. The number of halogens is 4. The fourth-order valence-corrected chi connectivity index (χ4v) is 3.30. The van der Waals surface area contributed by atoms with Crippen LogP contribution in [0.5, 0.6) is 0 Å². The second kappa shape index (κ2) is 9.86. The second-order valence-corrected chi connectivity index (χ2v) is 7.68. The number of aryl methyl sites for hydroxylation is 1. The number of nitrogens with zero attached hydrogens (tertiary/aromatic N) is 3. The van der Waals surface area contributed by atoms with Crippen LogP contribution in [0.3, 0.4) is 0 Å². The molecule has 12 heteroatoms. The molecule has 4 rings (SSSR count). The molecule has 0 radical (unpaired) electrons. The van der Waals surface area contributed by atoms with Gasteiger partial charge in [-0.05, 0) is 42.0 Å². The number of amides is 2. The molecule has 0 bridgehead atoms. The Morgan fingerprint density at radius 3 is 2.50 bits per heavy atom. The van der Waals surface area contributed by atoms with E-state index in [1.807, 2.05) is 0 Å². The van der Waals surface area contributed by atoms with Crippen LogP contribution in [0.15, 0.2) is 61.1 Å². The number of aromatic amines is 1. The van der Waals surface area contributed by atoms with Crippen LogP contribution in [-0.2, 0) is 13.2 Å². The van der Waals surface area contributed by atoms with E-state index in [0.717, 1.165) is 11.1 Å². The molecule has 0 aliphatic carbocycles. The molecule has 184 valence electrons. The van der Waals surface area contributed by atoms with E-state index >= 15 is 0 Å². The van der Waals surface area contributed by atoms with Gasteiger partial charge in [0.1, 0.15) is 11.6 Å². The van der Waals surface area contributed by atoms with E-state index in [0.29, 0.717) is 41.0 Å². The third kappa shape index (κ3) is 5.66. The molecule has 4 N–H and O–H groups in total. The van der Waals surface area contributed by atoms with Crippen molar-refractivity contribution >= 4 is 35.3 Å². The van der Waals surface area contributed by atoms with E-state index in [2.05, 4.69) is 25.7 Å². The first-order valence-electron chi connectivity index (χ1n) is 10.4. The summed E-state index contributed by atoms with van der Waals surface area (Å²) >= 11 is 0. The largest absolute Gasteiger partial charge is 0.416 e. The lowest BCUT2D eigenvalue weighted by molar-refractivity contribution is -0.137. The Kier molecular flexibility index (Phi) is 6.68. The minimum atomic E-state index is -4.67. The number of urea groups is 1. The molecule has 2 amide bonds. The molecular formula is C24H19F4N7O. The van der Waals surface area contributed by atoms with Gasteiger partial charge in [-0.2, -0.15) is 18.3 Å². The number of allylic oxidation sites excluding steroid dienone is 1. The molecule has 2 aromatic carbocycles. The number of carbonyl (C=O) groups excluding carboxylic acids is 1. The molecule has 2 aromatic heterocycles. The van der Waals surface area contributed by atoms with Gasteiger partial charge in [-0.1, -0.05) is 12.1 Å². The van der Waals surface area contributed by atoms with Crippen molar-refractivity contribution in [1.29, 1.82) is 5.41 Å². The smallest absolute Gasteiger partial charge is 0.338 e. The molecule has 8 nitrogen and oxygen atoms in total. The van der Waals surface area contributed by atoms with Crippen LogP contribution >= 0.6 is 0 Å². The lowest BCUT2D eigenvalue weighted by Gasteiger charge is -2.12. The van der Waals surface area contributed by atoms with Gasteiger partial charge >= 0.3 is 12.2 Å². The number of rotatable bonds is 6. The highest BCUT2D eigenvalue weighted by atomic mass is 19.4. The first-order chi connectivity index (χ1) is 17.1. The van der Waals surface area contributed by atoms with Gasteiger partial charge in [0, 0.05) is 36.3 Å². The molecule has 0 saturated heterocycles. The second-order valence-electron chi connectivity index (χ2n) is 7.68. The maximum absolute atomic E-state index is 13.9. The van der Waals surface area contributed by atoms with Crippen molar-refractivity contribution in [3.63, 3.8) is 0 Å². The molecule has 0 aliphatic heterocycles. The maximum atomic E-state index is 13.9. The van der Waals surface area contributed by atoms with E-state index in [1.165, 1.54) is 6.21 Å². The number of alkyl halides is 3. The zero-order valence-electron chi connectivity index (χ0n) is 18.7. The van der Waals surface area contributed by atoms with Gasteiger partial charge in [-0.25, -0.2) is 14.2 Å². The van der Waals surface area contributed by atoms with Crippen LogP contribution in [0.1, 0.15) is 17.0 Å². The number of H-pyrrole nitrogens is 1. The quantitative estimate of drug-likeness (QED) is 0.199. The Balaban J connectivity index is 1.43. The maximum Gasteiger partial charge on any atom is 0.416 e. The van der Waals surface area contributed by atoms with Gasteiger partial charge in [0.15, 0.2) is 0 Å². The molecule has 0 aliphatic rings. The predicted octanol–water partition coefficient (Wildman–Crippen LogP) is 5.80. The molecule has 36 heavy (non-hydrogen) atoms. The lowest BCUT2D eigenvalue weighted by Crippen LogP contribution is -2.20. The summed E-state index contributed by atoms with van der Waals surface area (Å²) in [7, 11) is 1.78. The monoisotopic (exact) mass is 497 g/mol. The third-order valence-corrected chi connectivity index (χ3v) is 5.08. The minimum Gasteiger partial charge on any atom is -0.338 e. The number of carbonyl (C=O) groups is 1. The number of hydrogen-bond acceptors (Lipinski definition) is 4. The summed E-state index contributed by atoms with van der Waals surface area (Å²) in [5.74, 6) is -0.468. The first kappa shape index (κ1) is 24.4. The Labute approximate surface area is 202 Å². The molecule has 0 spiro atoms. The van der Waals surface area contributed by atoms with Crippen molar-refractivity contribution in [1.82, 2.24) is 19.7 Å². The summed E-state index contributed by atoms with van der Waals surface area (Å²) < 4.78 is 54.0. The zero-order chi connectivity index (χ0) is 25.9. The summed E-state index contributed by atoms with van der Waals surface area (Å²) in [5.41, 5.74) is 1.48. The summed E-state index contributed by atoms with van der Waals surface area (Å²) in [6.07, 6.45) is 3.28. The van der Waals surface area contributed by atoms with Crippen LogP contribution < -0.4 is 10.6 Å². The van der Waals surface area contributed by atoms with Gasteiger partial charge in [-0.15, -0.1) is 0 Å². The Bertz CT molecular complexity index is 1440. The summed E-state index contributed by atoms with van der Waals surface area (Å²) in [6, 6.07) is 7.41. The average Bonchev–Trinajstić information content (AvgIpc) is 3.47. The molecule has 0 saturated carbocycles. The zero-order valence-corrected chi connectivity index (χ0v) is 18.7. The van der Waals surface area contributed by atoms with Crippen LogP contribution in [-0.4, -0.2) is 32.0 Å². The Morgan fingerprint density at radius 1 is 1.11 bits per heavy atom. The Morgan fingerprint density at radius 2 is 1.86 bits per heavy atom. The molecular weight excluding hydrogens is 478 g/mol. The number of nitrogens with one attached hydrogen (secondary N) is 4. The van der Waals surface area contributed by atoms with Crippen LogP contribution in [0.4, 0.5) is 33.7 Å². The SMILES string of the molecule is Cn1cc(/C(C=N)=C/c2ncc(-c3ccc(NC(=O)Nc4cc(C(F)(F)F)ccc4F)cc3)[nH]2)cn1. The Hall–Kier alpha value is -4.74. The van der Waals surface area contributed by atoms with Crippen LogP contribution in [0.2, 0.25) is 0 Å². The standard InChI is InChI=1S/C24H19F4N7O/c1-35-13-16(11-31-35)15(10-29)8-22-30-12-21(33-22)14-2-5-18(6-3-14)32-23(36)34-20-9-17(24(26,27)28)4-7-19(20)25/h2-13,29H,1H3,(H,30,33)(H2,32,34,36)/b15-8+,29-10?. The van der Waals surface area contributed by atoms with E-state index < -0.39 is 29.3 Å². The van der Waals surface area contributed by atoms with Crippen molar-refractivity contribution in [3.05, 3.63) is 83.8 Å². The van der Waals surface area contributed by atoms with Crippen molar-refractivity contribution in [2.24, 2.45) is 7.05 Å². The topological polar surface area (TPSA) is 111 Å². The van der Waals surface area contributed by atoms with E-state index in [1.54, 1.807) is 60.7 Å². The van der Waals surface area contributed by atoms with Gasteiger partial charge in [0.05, 0.1) is 29.3 Å². The number of aromatic nitrogens is 4. The van der Waals surface area contributed by atoms with Crippen molar-refractivity contribution < 1.29 is 22.4 Å². The van der Waals surface area contributed by atoms with Crippen molar-refractivity contribution in [3.8, 4) is 11.3 Å². The molecule has 4 aromatic rings. The van der Waals surface area contributed by atoms with Gasteiger partial charge in [0.25, 0.3) is 0 Å². The van der Waals surface area contributed by atoms with Gasteiger partial charge in [0.2, 0.25) is 0 Å². The fraction of sp³-hybridized carbons (Fsp3) is 0.0833. The van der Waals surface area contributed by atoms with Crippen LogP contribution in [0.25, 0.3) is 22.9 Å². The summed E-state index contributed by atoms with van der Waals surface area (Å²) in [6.45, 7) is 0. The van der Waals surface area contributed by atoms with Gasteiger partial charge in [-0.3, -0.25) is 4.68 Å². The van der Waals surface area contributed by atoms with Crippen LogP contribution in [0, 0.1) is 11.2 Å². The average molecular weight is 497 g/mol. The molecule has 0 unspecified atom stereocenters. The molecule has 0 fully saturated rings. The molecule has 0 atom stereocenters. The number of hydrogen-bond donors (Lipinski definition) is 4. The minimum absolute atomic E-state index is 0.339. The predicted molar refractivity (Wildman–Crippen MR) is 128 cm³/mol.